The minimum Gasteiger partial charge on any atom is -0.369 e. The van der Waals surface area contributed by atoms with Crippen LogP contribution in [0, 0.1) is 11.8 Å². The van der Waals surface area contributed by atoms with Crippen molar-refractivity contribution in [2.45, 2.75) is 40.7 Å². The predicted molar refractivity (Wildman–Crippen MR) is 74.3 cm³/mol. The summed E-state index contributed by atoms with van der Waals surface area (Å²) in [5, 5.41) is 4.50. The van der Waals surface area contributed by atoms with Gasteiger partial charge in [-0.05, 0) is 18.3 Å². The molecular formula is C13H23N5. The molecule has 100 valence electrons. The Kier molecular flexibility index (Phi) is 3.32. The monoisotopic (exact) mass is 249 g/mol. The Balaban J connectivity index is 2.50. The van der Waals surface area contributed by atoms with Gasteiger partial charge in [-0.2, -0.15) is 5.10 Å². The highest BCUT2D eigenvalue weighted by atomic mass is 15.3. The second-order valence-corrected chi connectivity index (χ2v) is 5.40. The molecule has 0 aliphatic carbocycles. The van der Waals surface area contributed by atoms with Gasteiger partial charge in [0.25, 0.3) is 0 Å². The van der Waals surface area contributed by atoms with Crippen molar-refractivity contribution in [1.82, 2.24) is 19.3 Å². The van der Waals surface area contributed by atoms with Gasteiger partial charge < -0.3 is 5.73 Å². The highest BCUT2D eigenvalue weighted by Gasteiger charge is 2.19. The van der Waals surface area contributed by atoms with Crippen LogP contribution in [0.15, 0.2) is 0 Å². The molecule has 2 N–H and O–H groups in total. The van der Waals surface area contributed by atoms with Crippen molar-refractivity contribution >= 4 is 17.1 Å². The number of aryl methyl sites for hydroxylation is 2. The zero-order valence-electron chi connectivity index (χ0n) is 11.9. The Labute approximate surface area is 108 Å². The van der Waals surface area contributed by atoms with E-state index in [1.807, 2.05) is 11.7 Å². The van der Waals surface area contributed by atoms with Crippen LogP contribution in [0.1, 0.15) is 33.4 Å². The van der Waals surface area contributed by atoms with Crippen molar-refractivity contribution in [2.24, 2.45) is 18.9 Å². The lowest BCUT2D eigenvalue weighted by molar-refractivity contribution is 0.369. The predicted octanol–water partition coefficient (Wildman–Crippen LogP) is 2.21. The number of rotatable bonds is 4. The summed E-state index contributed by atoms with van der Waals surface area (Å²) < 4.78 is 3.98. The molecule has 0 aliphatic rings. The molecule has 5 heteroatoms. The molecule has 1 unspecified atom stereocenters. The molecule has 0 aromatic carbocycles. The van der Waals surface area contributed by atoms with Crippen molar-refractivity contribution in [1.29, 1.82) is 0 Å². The molecule has 0 amide bonds. The number of hydrogen-bond donors (Lipinski definition) is 1. The van der Waals surface area contributed by atoms with Crippen LogP contribution >= 0.6 is 0 Å². The number of nitrogens with two attached hydrogens (primary N) is 1. The van der Waals surface area contributed by atoms with Crippen molar-refractivity contribution in [2.75, 3.05) is 5.73 Å². The Morgan fingerprint density at radius 2 is 1.94 bits per heavy atom. The van der Waals surface area contributed by atoms with Crippen molar-refractivity contribution in [3.05, 3.63) is 5.69 Å². The third-order valence-corrected chi connectivity index (χ3v) is 3.76. The van der Waals surface area contributed by atoms with Gasteiger partial charge in [-0.15, -0.1) is 0 Å². The second-order valence-electron chi connectivity index (χ2n) is 5.40. The van der Waals surface area contributed by atoms with Gasteiger partial charge in [-0.25, -0.2) is 4.98 Å². The number of fused-ring (bicyclic) bond motifs is 1. The lowest BCUT2D eigenvalue weighted by Crippen LogP contribution is -2.16. The van der Waals surface area contributed by atoms with Crippen LogP contribution in [0.4, 0.5) is 5.95 Å². The summed E-state index contributed by atoms with van der Waals surface area (Å²) in [5.41, 5.74) is 9.06. The number of hydrogen-bond acceptors (Lipinski definition) is 3. The van der Waals surface area contributed by atoms with Crippen LogP contribution in [0.2, 0.25) is 0 Å². The number of nitrogen functional groups attached to an aromatic ring is 1. The van der Waals surface area contributed by atoms with Crippen LogP contribution in [-0.4, -0.2) is 19.3 Å². The van der Waals surface area contributed by atoms with Gasteiger partial charge in [0.05, 0.1) is 5.69 Å². The first-order valence-electron chi connectivity index (χ1n) is 6.63. The topological polar surface area (TPSA) is 61.7 Å². The maximum atomic E-state index is 6.05. The van der Waals surface area contributed by atoms with E-state index >= 15 is 0 Å². The van der Waals surface area contributed by atoms with Crippen LogP contribution in [-0.2, 0) is 20.0 Å². The van der Waals surface area contributed by atoms with Crippen molar-refractivity contribution < 1.29 is 0 Å². The molecular weight excluding hydrogens is 226 g/mol. The minimum atomic E-state index is 0.560. The summed E-state index contributed by atoms with van der Waals surface area (Å²) in [4.78, 5) is 4.47. The van der Waals surface area contributed by atoms with Crippen LogP contribution < -0.4 is 5.73 Å². The Hall–Kier alpha value is -1.52. The third-order valence-electron chi connectivity index (χ3n) is 3.76. The molecule has 0 fully saturated rings. The van der Waals surface area contributed by atoms with Gasteiger partial charge in [0.1, 0.15) is 5.52 Å². The van der Waals surface area contributed by atoms with E-state index in [4.69, 9.17) is 5.73 Å². The van der Waals surface area contributed by atoms with Gasteiger partial charge >= 0.3 is 0 Å². The maximum absolute atomic E-state index is 6.05. The molecule has 1 atom stereocenters. The molecule has 5 nitrogen and oxygen atoms in total. The highest BCUT2D eigenvalue weighted by Crippen LogP contribution is 2.24. The quantitative estimate of drug-likeness (QED) is 0.903. The van der Waals surface area contributed by atoms with E-state index in [1.165, 1.54) is 0 Å². The third kappa shape index (κ3) is 1.98. The Morgan fingerprint density at radius 3 is 2.50 bits per heavy atom. The smallest absolute Gasteiger partial charge is 0.202 e. The van der Waals surface area contributed by atoms with E-state index in [-0.39, 0.29) is 0 Å². The van der Waals surface area contributed by atoms with Gasteiger partial charge in [0.15, 0.2) is 5.65 Å². The van der Waals surface area contributed by atoms with Gasteiger partial charge in [0.2, 0.25) is 5.95 Å². The molecule has 0 radical (unpaired) electrons. The summed E-state index contributed by atoms with van der Waals surface area (Å²) >= 11 is 0. The van der Waals surface area contributed by atoms with E-state index in [9.17, 15) is 0 Å². The molecule has 0 saturated carbocycles. The average molecular weight is 249 g/mol. The zero-order valence-corrected chi connectivity index (χ0v) is 11.9. The number of nitrogens with zero attached hydrogens (tertiary/aromatic N) is 4. The fraction of sp³-hybridized carbons (Fsp3) is 0.692. The molecule has 2 aromatic rings. The summed E-state index contributed by atoms with van der Waals surface area (Å²) in [5.74, 6) is 1.78. The van der Waals surface area contributed by atoms with E-state index in [0.717, 1.165) is 29.8 Å². The van der Waals surface area contributed by atoms with Crippen LogP contribution in [0.3, 0.4) is 0 Å². The summed E-state index contributed by atoms with van der Waals surface area (Å²) in [6.45, 7) is 9.69. The molecule has 2 heterocycles. The normalized spacial score (nSPS) is 13.7. The molecule has 18 heavy (non-hydrogen) atoms. The number of anilines is 1. The first-order valence-corrected chi connectivity index (χ1v) is 6.63. The number of imidazole rings is 1. The molecule has 0 spiro atoms. The van der Waals surface area contributed by atoms with E-state index in [0.29, 0.717) is 17.8 Å². The largest absolute Gasteiger partial charge is 0.369 e. The fourth-order valence-corrected chi connectivity index (χ4v) is 2.18. The lowest BCUT2D eigenvalue weighted by atomic mass is 9.98. The fourth-order valence-electron chi connectivity index (χ4n) is 2.18. The standard InChI is InChI=1S/C13H23N5/c1-6-10-11-12(17(5)16-10)18(13(14)15-11)7-9(4)8(2)3/h8-9H,6-7H2,1-5H3,(H2,14,15). The molecule has 2 rings (SSSR count). The van der Waals surface area contributed by atoms with E-state index in [2.05, 4.69) is 42.3 Å². The van der Waals surface area contributed by atoms with Gasteiger partial charge in [-0.3, -0.25) is 9.25 Å². The Bertz CT molecular complexity index is 549. The van der Waals surface area contributed by atoms with Gasteiger partial charge in [0, 0.05) is 13.6 Å². The highest BCUT2D eigenvalue weighted by molar-refractivity contribution is 5.77. The molecule has 0 saturated heterocycles. The average Bonchev–Trinajstić information content (AvgIpc) is 2.78. The Morgan fingerprint density at radius 1 is 1.28 bits per heavy atom. The first-order chi connectivity index (χ1) is 8.45. The summed E-state index contributed by atoms with van der Waals surface area (Å²) in [6, 6.07) is 0. The zero-order chi connectivity index (χ0) is 13.4. The van der Waals surface area contributed by atoms with Crippen molar-refractivity contribution in [3.63, 3.8) is 0 Å². The van der Waals surface area contributed by atoms with E-state index < -0.39 is 0 Å². The molecule has 2 aromatic heterocycles. The van der Waals surface area contributed by atoms with Crippen molar-refractivity contribution in [3.8, 4) is 0 Å². The van der Waals surface area contributed by atoms with Crippen LogP contribution in [0.5, 0.6) is 0 Å². The SMILES string of the molecule is CCc1nn(C)c2c1nc(N)n2CC(C)C(C)C. The van der Waals surface area contributed by atoms with Gasteiger partial charge in [-0.1, -0.05) is 27.7 Å². The first kappa shape index (κ1) is 12.9. The molecule has 0 aliphatic heterocycles. The van der Waals surface area contributed by atoms with Crippen LogP contribution in [0.25, 0.3) is 11.2 Å². The molecule has 0 bridgehead atoms. The number of aromatic nitrogens is 4. The summed E-state index contributed by atoms with van der Waals surface area (Å²) in [7, 11) is 1.96. The lowest BCUT2D eigenvalue weighted by Gasteiger charge is -2.17. The summed E-state index contributed by atoms with van der Waals surface area (Å²) in [6.07, 6.45) is 0.882. The minimum absolute atomic E-state index is 0.560. The maximum Gasteiger partial charge on any atom is 0.202 e. The van der Waals surface area contributed by atoms with E-state index in [1.54, 1.807) is 0 Å². The second kappa shape index (κ2) is 4.63.